The number of fused-ring (bicyclic) bond motifs is 1. The number of para-hydroxylation sites is 1. The maximum absolute atomic E-state index is 12.2. The fourth-order valence-electron chi connectivity index (χ4n) is 2.56. The minimum Gasteiger partial charge on any atom is -0.381 e. The van der Waals surface area contributed by atoms with E-state index in [4.69, 9.17) is 16.3 Å². The molecule has 106 valence electrons. The maximum atomic E-state index is 12.2. The van der Waals surface area contributed by atoms with Crippen LogP contribution in [0.2, 0.25) is 5.02 Å². The first kappa shape index (κ1) is 13.5. The fourth-order valence-corrected chi connectivity index (χ4v) is 2.86. The highest BCUT2D eigenvalue weighted by molar-refractivity contribution is 6.38. The van der Waals surface area contributed by atoms with Crippen LogP contribution in [-0.2, 0) is 4.74 Å². The molecule has 4 nitrogen and oxygen atoms in total. The first-order chi connectivity index (χ1) is 9.75. The summed E-state index contributed by atoms with van der Waals surface area (Å²) in [5, 5.41) is 4.30. The molecule has 1 fully saturated rings. The highest BCUT2D eigenvalue weighted by Gasteiger charge is 2.19. The number of aromatic amines is 1. The Kier molecular flexibility index (Phi) is 3.94. The Hall–Kier alpha value is -1.52. The molecule has 20 heavy (non-hydrogen) atoms. The van der Waals surface area contributed by atoms with Gasteiger partial charge in [-0.15, -0.1) is 0 Å². The SMILES string of the molecule is O=C(NCC1CCCOC1)c1[nH]c2ccccc2c1Cl. The van der Waals surface area contributed by atoms with Crippen LogP contribution < -0.4 is 5.32 Å². The largest absolute Gasteiger partial charge is 0.381 e. The van der Waals surface area contributed by atoms with Gasteiger partial charge in [0.15, 0.2) is 0 Å². The lowest BCUT2D eigenvalue weighted by atomic mass is 10.0. The van der Waals surface area contributed by atoms with E-state index >= 15 is 0 Å². The van der Waals surface area contributed by atoms with Crippen LogP contribution in [0.1, 0.15) is 23.3 Å². The van der Waals surface area contributed by atoms with Crippen LogP contribution in [0.3, 0.4) is 0 Å². The average molecular weight is 293 g/mol. The van der Waals surface area contributed by atoms with Gasteiger partial charge in [0.1, 0.15) is 5.69 Å². The highest BCUT2D eigenvalue weighted by atomic mass is 35.5. The van der Waals surface area contributed by atoms with Gasteiger partial charge in [-0.2, -0.15) is 0 Å². The number of carbonyl (C=O) groups excluding carboxylic acids is 1. The van der Waals surface area contributed by atoms with Gasteiger partial charge in [-0.05, 0) is 24.8 Å². The van der Waals surface area contributed by atoms with Gasteiger partial charge in [-0.1, -0.05) is 29.8 Å². The first-order valence-electron chi connectivity index (χ1n) is 6.88. The summed E-state index contributed by atoms with van der Waals surface area (Å²) in [4.78, 5) is 15.3. The zero-order chi connectivity index (χ0) is 13.9. The molecule has 1 atom stereocenters. The smallest absolute Gasteiger partial charge is 0.269 e. The number of ether oxygens (including phenoxy) is 1. The molecule has 0 aliphatic carbocycles. The number of aromatic nitrogens is 1. The molecule has 0 spiro atoms. The maximum Gasteiger partial charge on any atom is 0.269 e. The summed E-state index contributed by atoms with van der Waals surface area (Å²) in [5.41, 5.74) is 1.31. The van der Waals surface area contributed by atoms with Crippen molar-refractivity contribution in [2.75, 3.05) is 19.8 Å². The topological polar surface area (TPSA) is 54.1 Å². The third-order valence-corrected chi connectivity index (χ3v) is 4.07. The van der Waals surface area contributed by atoms with Crippen LogP contribution in [-0.4, -0.2) is 30.6 Å². The highest BCUT2D eigenvalue weighted by Crippen LogP contribution is 2.27. The summed E-state index contributed by atoms with van der Waals surface area (Å²) >= 11 is 6.26. The Bertz CT molecular complexity index is 617. The first-order valence-corrected chi connectivity index (χ1v) is 7.25. The van der Waals surface area contributed by atoms with Crippen LogP contribution in [0.4, 0.5) is 0 Å². The molecule has 1 aromatic carbocycles. The second-order valence-corrected chi connectivity index (χ2v) is 5.53. The number of rotatable bonds is 3. The number of halogens is 1. The Balaban J connectivity index is 1.70. The molecule has 1 aromatic heterocycles. The van der Waals surface area contributed by atoms with E-state index in [-0.39, 0.29) is 5.91 Å². The fraction of sp³-hybridized carbons (Fsp3) is 0.400. The van der Waals surface area contributed by atoms with Crippen molar-refractivity contribution in [3.8, 4) is 0 Å². The number of hydrogen-bond acceptors (Lipinski definition) is 2. The van der Waals surface area contributed by atoms with E-state index in [0.717, 1.165) is 37.0 Å². The Morgan fingerprint density at radius 3 is 3.05 bits per heavy atom. The van der Waals surface area contributed by atoms with E-state index in [1.165, 1.54) is 0 Å². The standard InChI is InChI=1S/C15H17ClN2O2/c16-13-11-5-1-2-6-12(11)18-14(13)15(19)17-8-10-4-3-7-20-9-10/h1-2,5-6,10,18H,3-4,7-9H2,(H,17,19). The normalized spacial score (nSPS) is 19.1. The number of carbonyl (C=O) groups is 1. The number of benzene rings is 1. The Morgan fingerprint density at radius 2 is 2.30 bits per heavy atom. The molecule has 3 rings (SSSR count). The Morgan fingerprint density at radius 1 is 1.45 bits per heavy atom. The van der Waals surface area contributed by atoms with E-state index in [2.05, 4.69) is 10.3 Å². The molecule has 1 aliphatic heterocycles. The van der Waals surface area contributed by atoms with Gasteiger partial charge in [-0.25, -0.2) is 0 Å². The molecule has 1 amide bonds. The third-order valence-electron chi connectivity index (χ3n) is 3.68. The second-order valence-electron chi connectivity index (χ2n) is 5.15. The van der Waals surface area contributed by atoms with Crippen molar-refractivity contribution in [3.05, 3.63) is 35.0 Å². The van der Waals surface area contributed by atoms with Crippen molar-refractivity contribution >= 4 is 28.4 Å². The van der Waals surface area contributed by atoms with Crippen molar-refractivity contribution < 1.29 is 9.53 Å². The van der Waals surface area contributed by atoms with Gasteiger partial charge in [0.25, 0.3) is 5.91 Å². The number of amides is 1. The zero-order valence-corrected chi connectivity index (χ0v) is 11.9. The molecular weight excluding hydrogens is 276 g/mol. The van der Waals surface area contributed by atoms with E-state index in [0.29, 0.717) is 23.2 Å². The third kappa shape index (κ3) is 2.67. The van der Waals surface area contributed by atoms with Crippen molar-refractivity contribution in [3.63, 3.8) is 0 Å². The summed E-state index contributed by atoms with van der Waals surface area (Å²) in [6.45, 7) is 2.18. The number of hydrogen-bond donors (Lipinski definition) is 2. The van der Waals surface area contributed by atoms with Gasteiger partial charge in [0.2, 0.25) is 0 Å². The molecular formula is C15H17ClN2O2. The summed E-state index contributed by atoms with van der Waals surface area (Å²) in [5.74, 6) is 0.243. The molecule has 1 saturated heterocycles. The molecule has 1 unspecified atom stereocenters. The minimum absolute atomic E-state index is 0.156. The molecule has 2 aromatic rings. The van der Waals surface area contributed by atoms with E-state index in [1.54, 1.807) is 0 Å². The monoisotopic (exact) mass is 292 g/mol. The van der Waals surface area contributed by atoms with Gasteiger partial charge in [0, 0.05) is 24.1 Å². The molecule has 2 heterocycles. The number of nitrogens with one attached hydrogen (secondary N) is 2. The molecule has 5 heteroatoms. The minimum atomic E-state index is -0.156. The summed E-state index contributed by atoms with van der Waals surface area (Å²) in [6, 6.07) is 7.63. The van der Waals surface area contributed by atoms with Gasteiger partial charge >= 0.3 is 0 Å². The average Bonchev–Trinajstić information content (AvgIpc) is 2.84. The van der Waals surface area contributed by atoms with Crippen LogP contribution in [0.5, 0.6) is 0 Å². The lowest BCUT2D eigenvalue weighted by molar-refractivity contribution is 0.0536. The van der Waals surface area contributed by atoms with Gasteiger partial charge in [0.05, 0.1) is 11.6 Å². The van der Waals surface area contributed by atoms with Crippen LogP contribution in [0, 0.1) is 5.92 Å². The lowest BCUT2D eigenvalue weighted by Crippen LogP contribution is -2.33. The van der Waals surface area contributed by atoms with E-state index in [9.17, 15) is 4.79 Å². The molecule has 2 N–H and O–H groups in total. The van der Waals surface area contributed by atoms with Crippen LogP contribution in [0.15, 0.2) is 24.3 Å². The molecule has 1 aliphatic rings. The quantitative estimate of drug-likeness (QED) is 0.914. The predicted molar refractivity (Wildman–Crippen MR) is 79.2 cm³/mol. The van der Waals surface area contributed by atoms with Crippen molar-refractivity contribution in [2.24, 2.45) is 5.92 Å². The van der Waals surface area contributed by atoms with E-state index in [1.807, 2.05) is 24.3 Å². The van der Waals surface area contributed by atoms with Crippen molar-refractivity contribution in [1.82, 2.24) is 10.3 Å². The predicted octanol–water partition coefficient (Wildman–Crippen LogP) is 2.98. The second kappa shape index (κ2) is 5.85. The van der Waals surface area contributed by atoms with Crippen molar-refractivity contribution in [2.45, 2.75) is 12.8 Å². The summed E-state index contributed by atoms with van der Waals surface area (Å²) < 4.78 is 5.41. The molecule has 0 radical (unpaired) electrons. The van der Waals surface area contributed by atoms with Gasteiger partial charge < -0.3 is 15.0 Å². The molecule has 0 bridgehead atoms. The zero-order valence-electron chi connectivity index (χ0n) is 11.1. The Labute approximate surface area is 122 Å². The summed E-state index contributed by atoms with van der Waals surface area (Å²) in [7, 11) is 0. The van der Waals surface area contributed by atoms with Crippen LogP contribution in [0.25, 0.3) is 10.9 Å². The van der Waals surface area contributed by atoms with E-state index < -0.39 is 0 Å². The van der Waals surface area contributed by atoms with Crippen LogP contribution >= 0.6 is 11.6 Å². The molecule has 0 saturated carbocycles. The van der Waals surface area contributed by atoms with Gasteiger partial charge in [-0.3, -0.25) is 4.79 Å². The lowest BCUT2D eigenvalue weighted by Gasteiger charge is -2.22. The van der Waals surface area contributed by atoms with Crippen molar-refractivity contribution in [1.29, 1.82) is 0 Å². The summed E-state index contributed by atoms with van der Waals surface area (Å²) in [6.07, 6.45) is 2.16. The number of H-pyrrole nitrogens is 1.